The van der Waals surface area contributed by atoms with Crippen LogP contribution in [0.3, 0.4) is 0 Å². The summed E-state index contributed by atoms with van der Waals surface area (Å²) < 4.78 is 16.1. The zero-order valence-electron chi connectivity index (χ0n) is 12.2. The molecule has 0 fully saturated rings. The summed E-state index contributed by atoms with van der Waals surface area (Å²) in [6, 6.07) is 1.77. The van der Waals surface area contributed by atoms with E-state index in [-0.39, 0.29) is 0 Å². The normalized spacial score (nSPS) is 10.6. The van der Waals surface area contributed by atoms with Crippen molar-refractivity contribution in [2.45, 2.75) is 26.9 Å². The Kier molecular flexibility index (Phi) is 4.57. The van der Waals surface area contributed by atoms with Crippen molar-refractivity contribution in [1.82, 2.24) is 15.3 Å². The van der Waals surface area contributed by atoms with Crippen LogP contribution in [0.2, 0.25) is 0 Å². The van der Waals surface area contributed by atoms with Gasteiger partial charge in [0.2, 0.25) is 5.89 Å². The molecule has 0 saturated heterocycles. The number of rotatable bonds is 6. The summed E-state index contributed by atoms with van der Waals surface area (Å²) in [4.78, 5) is 8.61. The predicted molar refractivity (Wildman–Crippen MR) is 73.9 cm³/mol. The van der Waals surface area contributed by atoms with E-state index in [0.717, 1.165) is 17.1 Å². The Balaban J connectivity index is 2.00. The van der Waals surface area contributed by atoms with E-state index in [9.17, 15) is 0 Å². The summed E-state index contributed by atoms with van der Waals surface area (Å²) in [6.45, 7) is 4.91. The first-order chi connectivity index (χ1) is 9.65. The van der Waals surface area contributed by atoms with Gasteiger partial charge in [0.25, 0.3) is 0 Å². The molecule has 2 aromatic heterocycles. The summed E-state index contributed by atoms with van der Waals surface area (Å²) >= 11 is 0. The van der Waals surface area contributed by atoms with Crippen LogP contribution in [0.1, 0.15) is 23.0 Å². The highest BCUT2D eigenvalue weighted by Gasteiger charge is 2.11. The minimum atomic E-state index is 0.538. The zero-order valence-corrected chi connectivity index (χ0v) is 12.2. The zero-order chi connectivity index (χ0) is 14.5. The molecule has 0 bridgehead atoms. The van der Waals surface area contributed by atoms with Gasteiger partial charge in [-0.15, -0.1) is 0 Å². The van der Waals surface area contributed by atoms with Crippen LogP contribution >= 0.6 is 0 Å². The fourth-order valence-electron chi connectivity index (χ4n) is 1.88. The van der Waals surface area contributed by atoms with Crippen molar-refractivity contribution in [3.63, 3.8) is 0 Å². The molecule has 0 aliphatic rings. The molecule has 108 valence electrons. The maximum atomic E-state index is 5.50. The molecule has 1 N–H and O–H groups in total. The van der Waals surface area contributed by atoms with Gasteiger partial charge in [-0.1, -0.05) is 0 Å². The predicted octanol–water partition coefficient (Wildman–Crippen LogP) is 1.99. The van der Waals surface area contributed by atoms with Crippen molar-refractivity contribution >= 4 is 0 Å². The summed E-state index contributed by atoms with van der Waals surface area (Å²) in [7, 11) is 3.21. The smallest absolute Gasteiger partial charge is 0.208 e. The molecular formula is C14H19N3O3. The minimum Gasteiger partial charge on any atom is -0.493 e. The Hall–Kier alpha value is -2.08. The Morgan fingerprint density at radius 3 is 2.60 bits per heavy atom. The highest BCUT2D eigenvalue weighted by atomic mass is 16.5. The van der Waals surface area contributed by atoms with Crippen molar-refractivity contribution in [1.29, 1.82) is 0 Å². The maximum absolute atomic E-state index is 5.50. The average molecular weight is 277 g/mol. The van der Waals surface area contributed by atoms with Crippen LogP contribution in [0.4, 0.5) is 0 Å². The van der Waals surface area contributed by atoms with Crippen LogP contribution in [0.5, 0.6) is 11.5 Å². The van der Waals surface area contributed by atoms with Gasteiger partial charge >= 0.3 is 0 Å². The number of nitrogens with one attached hydrogen (secondary N) is 1. The topological polar surface area (TPSA) is 69.4 Å². The number of ether oxygens (including phenoxy) is 2. The molecule has 2 rings (SSSR count). The molecule has 6 heteroatoms. The van der Waals surface area contributed by atoms with E-state index >= 15 is 0 Å². The number of aryl methyl sites for hydroxylation is 2. The van der Waals surface area contributed by atoms with Crippen LogP contribution in [0.15, 0.2) is 16.7 Å². The van der Waals surface area contributed by atoms with Crippen molar-refractivity contribution in [2.24, 2.45) is 0 Å². The lowest BCUT2D eigenvalue weighted by Gasteiger charge is -2.11. The van der Waals surface area contributed by atoms with E-state index in [0.29, 0.717) is 30.5 Å². The molecule has 0 atom stereocenters. The van der Waals surface area contributed by atoms with Gasteiger partial charge in [0.05, 0.1) is 32.2 Å². The molecule has 0 unspecified atom stereocenters. The van der Waals surface area contributed by atoms with Gasteiger partial charge in [-0.3, -0.25) is 4.98 Å². The van der Waals surface area contributed by atoms with Crippen LogP contribution < -0.4 is 14.8 Å². The number of nitrogens with zero attached hydrogens (tertiary/aromatic N) is 2. The molecule has 0 spiro atoms. The van der Waals surface area contributed by atoms with Crippen molar-refractivity contribution in [2.75, 3.05) is 14.2 Å². The number of hydrogen-bond donors (Lipinski definition) is 1. The van der Waals surface area contributed by atoms with Crippen molar-refractivity contribution in [3.05, 3.63) is 35.3 Å². The van der Waals surface area contributed by atoms with Crippen molar-refractivity contribution in [3.8, 4) is 11.5 Å². The van der Waals surface area contributed by atoms with Gasteiger partial charge in [-0.05, 0) is 13.8 Å². The maximum Gasteiger partial charge on any atom is 0.208 e. The summed E-state index contributed by atoms with van der Waals surface area (Å²) in [5, 5.41) is 3.23. The summed E-state index contributed by atoms with van der Waals surface area (Å²) in [5.41, 5.74) is 1.70. The molecule has 2 aromatic rings. The first-order valence-corrected chi connectivity index (χ1v) is 6.35. The largest absolute Gasteiger partial charge is 0.493 e. The average Bonchev–Trinajstić information content (AvgIpc) is 2.77. The third kappa shape index (κ3) is 3.08. The van der Waals surface area contributed by atoms with Crippen LogP contribution in [0.25, 0.3) is 0 Å². The Morgan fingerprint density at radius 1 is 1.20 bits per heavy atom. The molecule has 0 radical (unpaired) electrons. The van der Waals surface area contributed by atoms with E-state index in [1.807, 2.05) is 13.8 Å². The number of methoxy groups -OCH3 is 2. The summed E-state index contributed by atoms with van der Waals surface area (Å²) in [6.07, 6.45) is 1.69. The molecule has 0 aliphatic carbocycles. The van der Waals surface area contributed by atoms with Crippen molar-refractivity contribution < 1.29 is 13.9 Å². The fraction of sp³-hybridized carbons (Fsp3) is 0.429. The van der Waals surface area contributed by atoms with Crippen LogP contribution in [-0.2, 0) is 13.1 Å². The number of hydrogen-bond acceptors (Lipinski definition) is 6. The van der Waals surface area contributed by atoms with Crippen LogP contribution in [-0.4, -0.2) is 24.2 Å². The second-order valence-electron chi connectivity index (χ2n) is 4.35. The van der Waals surface area contributed by atoms with Gasteiger partial charge < -0.3 is 19.2 Å². The van der Waals surface area contributed by atoms with E-state index in [1.165, 1.54) is 0 Å². The lowest BCUT2D eigenvalue weighted by molar-refractivity contribution is 0.347. The third-order valence-corrected chi connectivity index (χ3v) is 3.01. The lowest BCUT2D eigenvalue weighted by atomic mass is 10.3. The summed E-state index contributed by atoms with van der Waals surface area (Å²) in [5.74, 6) is 2.82. The highest BCUT2D eigenvalue weighted by Crippen LogP contribution is 2.28. The van der Waals surface area contributed by atoms with E-state index in [4.69, 9.17) is 13.9 Å². The first kappa shape index (κ1) is 14.3. The highest BCUT2D eigenvalue weighted by molar-refractivity contribution is 5.42. The minimum absolute atomic E-state index is 0.538. The number of oxazole rings is 1. The fourth-order valence-corrected chi connectivity index (χ4v) is 1.88. The van der Waals surface area contributed by atoms with E-state index in [2.05, 4.69) is 15.3 Å². The first-order valence-electron chi connectivity index (χ1n) is 6.35. The Bertz CT molecular complexity index is 562. The van der Waals surface area contributed by atoms with Gasteiger partial charge in [0, 0.05) is 18.8 Å². The number of aromatic nitrogens is 2. The van der Waals surface area contributed by atoms with Gasteiger partial charge in [-0.25, -0.2) is 4.98 Å². The van der Waals surface area contributed by atoms with E-state index < -0.39 is 0 Å². The second-order valence-corrected chi connectivity index (χ2v) is 4.35. The molecule has 6 nitrogen and oxygen atoms in total. The second kappa shape index (κ2) is 6.38. The molecule has 2 heterocycles. The standard InChI is InChI=1S/C14H19N3O3/c1-9-10(2)20-13(17-9)8-15-7-11-14(19-4)12(18-3)5-6-16-11/h5-6,15H,7-8H2,1-4H3. The Morgan fingerprint density at radius 2 is 2.00 bits per heavy atom. The monoisotopic (exact) mass is 277 g/mol. The van der Waals surface area contributed by atoms with Crippen LogP contribution in [0, 0.1) is 13.8 Å². The lowest BCUT2D eigenvalue weighted by Crippen LogP contribution is -2.15. The van der Waals surface area contributed by atoms with E-state index in [1.54, 1.807) is 26.5 Å². The number of pyridine rings is 1. The molecule has 20 heavy (non-hydrogen) atoms. The molecular weight excluding hydrogens is 258 g/mol. The van der Waals surface area contributed by atoms with Gasteiger partial charge in [0.1, 0.15) is 5.76 Å². The molecule has 0 saturated carbocycles. The van der Waals surface area contributed by atoms with Gasteiger partial charge in [0.15, 0.2) is 11.5 Å². The molecule has 0 amide bonds. The molecule has 0 aliphatic heterocycles. The third-order valence-electron chi connectivity index (χ3n) is 3.01. The molecule has 0 aromatic carbocycles. The Labute approximate surface area is 118 Å². The SMILES string of the molecule is COc1ccnc(CNCc2nc(C)c(C)o2)c1OC. The van der Waals surface area contributed by atoms with Gasteiger partial charge in [-0.2, -0.15) is 0 Å². The quantitative estimate of drug-likeness (QED) is 0.871.